The van der Waals surface area contributed by atoms with Crippen molar-refractivity contribution in [1.82, 2.24) is 5.43 Å². The Morgan fingerprint density at radius 1 is 0.943 bits per heavy atom. The maximum absolute atomic E-state index is 12.7. The third-order valence-corrected chi connectivity index (χ3v) is 5.64. The van der Waals surface area contributed by atoms with Crippen molar-refractivity contribution < 1.29 is 19.1 Å². The van der Waals surface area contributed by atoms with Gasteiger partial charge in [-0.2, -0.15) is 5.10 Å². The summed E-state index contributed by atoms with van der Waals surface area (Å²) in [6, 6.07) is 25.3. The largest absolute Gasteiger partial charge is 0.484 e. The molecule has 0 aliphatic rings. The van der Waals surface area contributed by atoms with E-state index in [0.717, 1.165) is 17.2 Å². The minimum atomic E-state index is -0.591. The number of nitrogens with one attached hydrogen (secondary N) is 1. The predicted molar refractivity (Wildman–Crippen MR) is 137 cm³/mol. The number of hydrogen-bond acceptors (Lipinski definition) is 5. The van der Waals surface area contributed by atoms with Gasteiger partial charge < -0.3 is 9.47 Å². The summed E-state index contributed by atoms with van der Waals surface area (Å²) in [4.78, 5) is 25.0. The van der Waals surface area contributed by atoms with E-state index >= 15 is 0 Å². The Bertz CT molecular complexity index is 1380. The van der Waals surface area contributed by atoms with Crippen LogP contribution >= 0.6 is 11.6 Å². The molecule has 0 heterocycles. The molecular weight excluding hydrogens is 464 g/mol. The van der Waals surface area contributed by atoms with Gasteiger partial charge in [0.2, 0.25) is 0 Å². The third kappa shape index (κ3) is 6.05. The van der Waals surface area contributed by atoms with Crippen molar-refractivity contribution in [3.05, 3.63) is 107 Å². The van der Waals surface area contributed by atoms with E-state index < -0.39 is 11.9 Å². The number of carbonyl (C=O) groups excluding carboxylic acids is 2. The van der Waals surface area contributed by atoms with Crippen LogP contribution in [0.15, 0.2) is 90.0 Å². The maximum Gasteiger partial charge on any atom is 0.345 e. The second-order valence-electron chi connectivity index (χ2n) is 7.65. The topological polar surface area (TPSA) is 77.0 Å². The van der Waals surface area contributed by atoms with Gasteiger partial charge in [-0.15, -0.1) is 0 Å². The Morgan fingerprint density at radius 3 is 2.46 bits per heavy atom. The highest BCUT2D eigenvalue weighted by Crippen LogP contribution is 2.28. The highest BCUT2D eigenvalue weighted by molar-refractivity contribution is 6.33. The Morgan fingerprint density at radius 2 is 1.69 bits per heavy atom. The average Bonchev–Trinajstić information content (AvgIpc) is 2.89. The van der Waals surface area contributed by atoms with E-state index in [0.29, 0.717) is 22.1 Å². The van der Waals surface area contributed by atoms with Crippen LogP contribution in [0.4, 0.5) is 0 Å². The molecule has 0 aromatic heterocycles. The zero-order valence-corrected chi connectivity index (χ0v) is 19.8. The van der Waals surface area contributed by atoms with Crippen molar-refractivity contribution in [2.45, 2.75) is 13.3 Å². The molecule has 4 aromatic rings. The van der Waals surface area contributed by atoms with Gasteiger partial charge in [-0.05, 0) is 53.1 Å². The molecule has 1 N–H and O–H groups in total. The van der Waals surface area contributed by atoms with Crippen molar-refractivity contribution in [1.29, 1.82) is 0 Å². The van der Waals surface area contributed by atoms with Crippen LogP contribution in [0.5, 0.6) is 11.5 Å². The fourth-order valence-electron chi connectivity index (χ4n) is 3.45. The molecule has 7 heteroatoms. The van der Waals surface area contributed by atoms with Crippen LogP contribution in [0.3, 0.4) is 0 Å². The predicted octanol–water partition coefficient (Wildman–Crippen LogP) is 5.80. The SMILES string of the molecule is CCc1ccc(OCC(=O)NN=Cc2c(OC(=O)c3ccccc3Cl)ccc3ccccc23)cc1. The lowest BCUT2D eigenvalue weighted by Crippen LogP contribution is -2.24. The van der Waals surface area contributed by atoms with Gasteiger partial charge in [0, 0.05) is 5.56 Å². The normalized spacial score (nSPS) is 10.9. The van der Waals surface area contributed by atoms with E-state index in [1.807, 2.05) is 54.6 Å². The van der Waals surface area contributed by atoms with E-state index in [9.17, 15) is 9.59 Å². The number of amides is 1. The first-order valence-electron chi connectivity index (χ1n) is 11.1. The summed E-state index contributed by atoms with van der Waals surface area (Å²) >= 11 is 6.14. The number of carbonyl (C=O) groups is 2. The maximum atomic E-state index is 12.7. The molecular formula is C28H23ClN2O4. The molecule has 0 aliphatic heterocycles. The van der Waals surface area contributed by atoms with Gasteiger partial charge in [-0.1, -0.05) is 73.1 Å². The van der Waals surface area contributed by atoms with Gasteiger partial charge in [0.15, 0.2) is 6.61 Å². The summed E-state index contributed by atoms with van der Waals surface area (Å²) in [6.45, 7) is 1.88. The number of rotatable bonds is 8. The fraction of sp³-hybridized carbons (Fsp3) is 0.107. The molecule has 35 heavy (non-hydrogen) atoms. The molecule has 0 aliphatic carbocycles. The zero-order chi connectivity index (χ0) is 24.6. The second kappa shape index (κ2) is 11.3. The molecule has 0 saturated heterocycles. The summed E-state index contributed by atoms with van der Waals surface area (Å²) in [6.07, 6.45) is 2.38. The summed E-state index contributed by atoms with van der Waals surface area (Å²) in [7, 11) is 0. The van der Waals surface area contributed by atoms with Gasteiger partial charge in [0.05, 0.1) is 16.8 Å². The van der Waals surface area contributed by atoms with Gasteiger partial charge in [-0.3, -0.25) is 4.79 Å². The first kappa shape index (κ1) is 24.0. The number of nitrogens with zero attached hydrogens (tertiary/aromatic N) is 1. The number of ether oxygens (including phenoxy) is 2. The number of halogens is 1. The minimum absolute atomic E-state index is 0.188. The molecule has 4 aromatic carbocycles. The van der Waals surface area contributed by atoms with Crippen LogP contribution < -0.4 is 14.9 Å². The minimum Gasteiger partial charge on any atom is -0.484 e. The van der Waals surface area contributed by atoms with Crippen LogP contribution in [0, 0.1) is 0 Å². The zero-order valence-electron chi connectivity index (χ0n) is 19.0. The standard InChI is InChI=1S/C28H23ClN2O4/c1-2-19-11-14-21(15-12-19)34-18-27(32)31-30-17-24-22-8-4-3-7-20(22)13-16-26(24)35-28(33)23-9-5-6-10-25(23)29/h3-17H,2,18H2,1H3,(H,31,32). The lowest BCUT2D eigenvalue weighted by molar-refractivity contribution is -0.123. The van der Waals surface area contributed by atoms with E-state index in [4.69, 9.17) is 21.1 Å². The van der Waals surface area contributed by atoms with Crippen molar-refractivity contribution >= 4 is 40.5 Å². The molecule has 0 unspecified atom stereocenters. The molecule has 6 nitrogen and oxygen atoms in total. The molecule has 0 fully saturated rings. The number of hydrogen-bond donors (Lipinski definition) is 1. The molecule has 0 atom stereocenters. The fourth-order valence-corrected chi connectivity index (χ4v) is 3.66. The lowest BCUT2D eigenvalue weighted by atomic mass is 10.0. The number of fused-ring (bicyclic) bond motifs is 1. The quantitative estimate of drug-likeness (QED) is 0.148. The highest BCUT2D eigenvalue weighted by Gasteiger charge is 2.16. The first-order valence-corrected chi connectivity index (χ1v) is 11.4. The number of benzene rings is 4. The number of aryl methyl sites for hydroxylation is 1. The van der Waals surface area contributed by atoms with Crippen LogP contribution in [-0.2, 0) is 11.2 Å². The van der Waals surface area contributed by atoms with Crippen LogP contribution in [0.2, 0.25) is 5.02 Å². The van der Waals surface area contributed by atoms with E-state index in [1.165, 1.54) is 11.8 Å². The van der Waals surface area contributed by atoms with Crippen LogP contribution in [0.1, 0.15) is 28.4 Å². The summed E-state index contributed by atoms with van der Waals surface area (Å²) in [5.74, 6) is -0.120. The molecule has 0 radical (unpaired) electrons. The van der Waals surface area contributed by atoms with E-state index in [-0.39, 0.29) is 12.2 Å². The monoisotopic (exact) mass is 486 g/mol. The Balaban J connectivity index is 1.49. The van der Waals surface area contributed by atoms with Gasteiger partial charge >= 0.3 is 5.97 Å². The van der Waals surface area contributed by atoms with Crippen LogP contribution in [0.25, 0.3) is 10.8 Å². The van der Waals surface area contributed by atoms with Crippen molar-refractivity contribution in [3.8, 4) is 11.5 Å². The molecule has 0 saturated carbocycles. The van der Waals surface area contributed by atoms with E-state index in [1.54, 1.807) is 30.3 Å². The third-order valence-electron chi connectivity index (χ3n) is 5.31. The highest BCUT2D eigenvalue weighted by atomic mass is 35.5. The number of hydrazone groups is 1. The lowest BCUT2D eigenvalue weighted by Gasteiger charge is -2.11. The first-order chi connectivity index (χ1) is 17.0. The van der Waals surface area contributed by atoms with Crippen molar-refractivity contribution in [2.24, 2.45) is 5.10 Å². The van der Waals surface area contributed by atoms with Gasteiger partial charge in [0.25, 0.3) is 5.91 Å². The molecule has 1 amide bonds. The molecule has 0 spiro atoms. The Labute approximate surface area is 208 Å². The summed E-state index contributed by atoms with van der Waals surface area (Å²) in [5.41, 5.74) is 4.44. The number of esters is 1. The molecule has 0 bridgehead atoms. The second-order valence-corrected chi connectivity index (χ2v) is 8.05. The average molecular weight is 487 g/mol. The smallest absolute Gasteiger partial charge is 0.345 e. The van der Waals surface area contributed by atoms with Gasteiger partial charge in [-0.25, -0.2) is 10.2 Å². The van der Waals surface area contributed by atoms with Crippen molar-refractivity contribution in [3.63, 3.8) is 0 Å². The van der Waals surface area contributed by atoms with E-state index in [2.05, 4.69) is 17.5 Å². The molecule has 4 rings (SSSR count). The van der Waals surface area contributed by atoms with Crippen LogP contribution in [-0.4, -0.2) is 24.7 Å². The molecule has 176 valence electrons. The summed E-state index contributed by atoms with van der Waals surface area (Å²) < 4.78 is 11.2. The summed E-state index contributed by atoms with van der Waals surface area (Å²) in [5, 5.41) is 6.10. The van der Waals surface area contributed by atoms with Gasteiger partial charge in [0.1, 0.15) is 11.5 Å². The Hall–Kier alpha value is -4.16. The van der Waals surface area contributed by atoms with Crippen molar-refractivity contribution in [2.75, 3.05) is 6.61 Å². The Kier molecular flexibility index (Phi) is 7.75.